The molecule has 2 aromatic rings. The van der Waals surface area contributed by atoms with Crippen LogP contribution in [0.2, 0.25) is 18.1 Å². The van der Waals surface area contributed by atoms with Crippen LogP contribution in [0.3, 0.4) is 0 Å². The van der Waals surface area contributed by atoms with E-state index in [-0.39, 0.29) is 27.5 Å². The minimum Gasteiger partial charge on any atom is -0.410 e. The van der Waals surface area contributed by atoms with E-state index < -0.39 is 38.6 Å². The van der Waals surface area contributed by atoms with Crippen LogP contribution in [0.1, 0.15) is 123 Å². The van der Waals surface area contributed by atoms with Gasteiger partial charge in [-0.2, -0.15) is 13.2 Å². The van der Waals surface area contributed by atoms with Crippen LogP contribution in [0.4, 0.5) is 17.6 Å². The summed E-state index contributed by atoms with van der Waals surface area (Å²) in [5, 5.41) is -0.0687. The maximum atomic E-state index is 15.2. The van der Waals surface area contributed by atoms with Crippen molar-refractivity contribution < 1.29 is 26.8 Å². The van der Waals surface area contributed by atoms with Crippen LogP contribution in [-0.4, -0.2) is 19.1 Å². The number of aromatic nitrogens is 1. The fourth-order valence-corrected chi connectivity index (χ4v) is 7.11. The van der Waals surface area contributed by atoms with Crippen molar-refractivity contribution in [1.82, 2.24) is 4.98 Å². The third kappa shape index (κ3) is 6.02. The minimum atomic E-state index is -4.50. The Bertz CT molecular complexity index is 1220. The van der Waals surface area contributed by atoms with Crippen molar-refractivity contribution in [2.75, 3.05) is 0 Å². The van der Waals surface area contributed by atoms with Crippen LogP contribution < -0.4 is 0 Å². The number of hydrogen-bond donors (Lipinski definition) is 0. The number of nitrogens with zero attached hydrogens (tertiary/aromatic N) is 1. The van der Waals surface area contributed by atoms with Crippen LogP contribution in [0.15, 0.2) is 24.3 Å². The number of ketones is 1. The standard InChI is InChI=1S/C31H41F4NO2Si/c1-29(2,3)39(6,7)38-24-17-30(4,5)16-23-25(24)22(18-32)26(27(36-23)19-10-8-9-11-19)28(37)20-12-14-21(15-13-20)31(33,34)35/h12-15,19,24H,8-11,16-18H2,1-7H3. The maximum absolute atomic E-state index is 15.2. The van der Waals surface area contributed by atoms with Crippen LogP contribution in [-0.2, 0) is 23.7 Å². The predicted molar refractivity (Wildman–Crippen MR) is 148 cm³/mol. The van der Waals surface area contributed by atoms with Crippen LogP contribution in [0.5, 0.6) is 0 Å². The van der Waals surface area contributed by atoms with Gasteiger partial charge in [0.05, 0.1) is 22.9 Å². The van der Waals surface area contributed by atoms with Gasteiger partial charge in [-0.1, -0.05) is 59.6 Å². The number of alkyl halides is 4. The second-order valence-electron chi connectivity index (χ2n) is 13.6. The van der Waals surface area contributed by atoms with Gasteiger partial charge in [0.15, 0.2) is 14.1 Å². The smallest absolute Gasteiger partial charge is 0.410 e. The molecule has 1 heterocycles. The first-order valence-electron chi connectivity index (χ1n) is 14.0. The van der Waals surface area contributed by atoms with E-state index in [2.05, 4.69) is 47.7 Å². The number of carbonyl (C=O) groups is 1. The molecule has 39 heavy (non-hydrogen) atoms. The Balaban J connectivity index is 1.92. The molecule has 4 rings (SSSR count). The van der Waals surface area contributed by atoms with E-state index >= 15 is 4.39 Å². The van der Waals surface area contributed by atoms with Crippen molar-refractivity contribution in [2.45, 2.75) is 116 Å². The molecular weight excluding hydrogens is 522 g/mol. The molecular formula is C31H41F4NO2Si. The molecule has 3 nitrogen and oxygen atoms in total. The Morgan fingerprint density at radius 2 is 1.67 bits per heavy atom. The average Bonchev–Trinajstić information content (AvgIpc) is 3.35. The molecule has 1 saturated carbocycles. The Hall–Kier alpha value is -2.06. The lowest BCUT2D eigenvalue weighted by Gasteiger charge is -2.45. The van der Waals surface area contributed by atoms with Gasteiger partial charge in [-0.25, -0.2) is 4.39 Å². The summed E-state index contributed by atoms with van der Waals surface area (Å²) in [6.07, 6.45) is 0.153. The Kier molecular flexibility index (Phi) is 7.98. The zero-order valence-electron chi connectivity index (χ0n) is 24.2. The molecule has 214 valence electrons. The van der Waals surface area contributed by atoms with Gasteiger partial charge in [-0.15, -0.1) is 0 Å². The first kappa shape index (κ1) is 29.9. The second kappa shape index (κ2) is 10.4. The topological polar surface area (TPSA) is 39.2 Å². The lowest BCUT2D eigenvalue weighted by molar-refractivity contribution is -0.137. The molecule has 0 amide bonds. The number of benzene rings is 1. The quantitative estimate of drug-likeness (QED) is 0.200. The van der Waals surface area contributed by atoms with Gasteiger partial charge in [0.25, 0.3) is 0 Å². The fraction of sp³-hybridized carbons (Fsp3) is 0.613. The van der Waals surface area contributed by atoms with E-state index in [1.54, 1.807) is 0 Å². The fourth-order valence-electron chi connectivity index (χ4n) is 5.84. The monoisotopic (exact) mass is 563 g/mol. The van der Waals surface area contributed by atoms with Gasteiger partial charge in [0.2, 0.25) is 0 Å². The zero-order valence-corrected chi connectivity index (χ0v) is 25.2. The number of pyridine rings is 1. The largest absolute Gasteiger partial charge is 0.416 e. The molecule has 0 saturated heterocycles. The molecule has 0 N–H and O–H groups in total. The zero-order chi connectivity index (χ0) is 29.0. The number of halogens is 4. The summed E-state index contributed by atoms with van der Waals surface area (Å²) in [4.78, 5) is 19.1. The Morgan fingerprint density at radius 1 is 1.08 bits per heavy atom. The first-order chi connectivity index (χ1) is 17.9. The minimum absolute atomic E-state index is 0.0267. The highest BCUT2D eigenvalue weighted by atomic mass is 28.4. The molecule has 1 aromatic carbocycles. The van der Waals surface area contributed by atoms with Crippen molar-refractivity contribution in [2.24, 2.45) is 5.41 Å². The third-order valence-electron chi connectivity index (χ3n) is 8.98. The molecule has 8 heteroatoms. The van der Waals surface area contributed by atoms with Gasteiger partial charge in [-0.3, -0.25) is 9.78 Å². The van der Waals surface area contributed by atoms with E-state index in [0.29, 0.717) is 29.7 Å². The molecule has 0 spiro atoms. The van der Waals surface area contributed by atoms with Crippen LogP contribution in [0, 0.1) is 5.41 Å². The number of rotatable bonds is 6. The average molecular weight is 564 g/mol. The Morgan fingerprint density at radius 3 is 2.18 bits per heavy atom. The summed E-state index contributed by atoms with van der Waals surface area (Å²) < 4.78 is 61.7. The van der Waals surface area contributed by atoms with Crippen molar-refractivity contribution >= 4 is 14.1 Å². The summed E-state index contributed by atoms with van der Waals surface area (Å²) in [6.45, 7) is 14.3. The highest BCUT2D eigenvalue weighted by molar-refractivity contribution is 6.74. The normalized spacial score (nSPS) is 20.2. The molecule has 1 aromatic heterocycles. The molecule has 0 bridgehead atoms. The summed E-state index contributed by atoms with van der Waals surface area (Å²) >= 11 is 0. The van der Waals surface area contributed by atoms with Gasteiger partial charge in [0, 0.05) is 28.3 Å². The Labute approximate surface area is 230 Å². The molecule has 1 fully saturated rings. The van der Waals surface area contributed by atoms with E-state index in [4.69, 9.17) is 9.41 Å². The molecule has 1 unspecified atom stereocenters. The SMILES string of the molecule is CC1(C)Cc2nc(C3CCCC3)c(C(=O)c3ccc(C(F)(F)F)cc3)c(CF)c2C(O[Si](C)(C)C(C)(C)C)C1. The summed E-state index contributed by atoms with van der Waals surface area (Å²) in [5.41, 5.74) is 1.79. The van der Waals surface area contributed by atoms with Gasteiger partial charge >= 0.3 is 6.18 Å². The van der Waals surface area contributed by atoms with Crippen LogP contribution >= 0.6 is 0 Å². The van der Waals surface area contributed by atoms with Crippen LogP contribution in [0.25, 0.3) is 0 Å². The molecule has 0 aliphatic heterocycles. The highest BCUT2D eigenvalue weighted by Crippen LogP contribution is 2.50. The first-order valence-corrected chi connectivity index (χ1v) is 16.9. The van der Waals surface area contributed by atoms with Gasteiger partial charge in [-0.05, 0) is 61.4 Å². The summed E-state index contributed by atoms with van der Waals surface area (Å²) in [5.74, 6) is -0.441. The lowest BCUT2D eigenvalue weighted by Crippen LogP contribution is -2.44. The second-order valence-corrected chi connectivity index (χ2v) is 18.4. The third-order valence-corrected chi connectivity index (χ3v) is 13.5. The maximum Gasteiger partial charge on any atom is 0.416 e. The highest BCUT2D eigenvalue weighted by Gasteiger charge is 2.45. The van der Waals surface area contributed by atoms with Gasteiger partial charge in [0.1, 0.15) is 6.67 Å². The molecule has 0 radical (unpaired) electrons. The van der Waals surface area contributed by atoms with Gasteiger partial charge < -0.3 is 4.43 Å². The predicted octanol–water partition coefficient (Wildman–Crippen LogP) is 9.49. The van der Waals surface area contributed by atoms with E-state index in [9.17, 15) is 18.0 Å². The van der Waals surface area contributed by atoms with E-state index in [1.807, 2.05) is 0 Å². The summed E-state index contributed by atoms with van der Waals surface area (Å²) in [7, 11) is -2.27. The molecule has 2 aliphatic carbocycles. The van der Waals surface area contributed by atoms with E-state index in [1.165, 1.54) is 12.1 Å². The number of fused-ring (bicyclic) bond motifs is 1. The number of carbonyl (C=O) groups excluding carboxylic acids is 1. The van der Waals surface area contributed by atoms with Crippen molar-refractivity contribution in [1.29, 1.82) is 0 Å². The van der Waals surface area contributed by atoms with E-state index in [0.717, 1.165) is 43.5 Å². The number of hydrogen-bond acceptors (Lipinski definition) is 3. The molecule has 2 aliphatic rings. The molecule has 1 atom stereocenters. The van der Waals surface area contributed by atoms with Crippen molar-refractivity contribution in [3.8, 4) is 0 Å². The van der Waals surface area contributed by atoms with Crippen molar-refractivity contribution in [3.05, 3.63) is 63.5 Å². The van der Waals surface area contributed by atoms with Crippen molar-refractivity contribution in [3.63, 3.8) is 0 Å². The summed E-state index contributed by atoms with van der Waals surface area (Å²) in [6, 6.07) is 4.21. The lowest BCUT2D eigenvalue weighted by atomic mass is 9.72.